The topological polar surface area (TPSA) is 47.6 Å². The Bertz CT molecular complexity index is 702. The third-order valence-electron chi connectivity index (χ3n) is 3.63. The fourth-order valence-corrected chi connectivity index (χ4v) is 2.44. The molecule has 0 aliphatic carbocycles. The molecule has 3 rings (SSSR count). The summed E-state index contributed by atoms with van der Waals surface area (Å²) in [5, 5.41) is 2.80. The highest BCUT2D eigenvalue weighted by Gasteiger charge is 2.12. The van der Waals surface area contributed by atoms with E-state index in [9.17, 15) is 9.18 Å². The number of amides is 1. The monoisotopic (exact) mass is 315 g/mol. The maximum absolute atomic E-state index is 13.1. The van der Waals surface area contributed by atoms with E-state index in [0.717, 1.165) is 22.6 Å². The van der Waals surface area contributed by atoms with Crippen molar-refractivity contribution < 1.29 is 18.7 Å². The van der Waals surface area contributed by atoms with Crippen molar-refractivity contribution >= 4 is 5.91 Å². The second-order valence-corrected chi connectivity index (χ2v) is 5.38. The largest absolute Gasteiger partial charge is 0.486 e. The summed E-state index contributed by atoms with van der Waals surface area (Å²) < 4.78 is 24.1. The normalized spacial score (nSPS) is 12.7. The standard InChI is InChI=1S/C18H18FNO3/c19-15-3-1-2-14(10-15)12-20-18(21)7-5-13-4-6-16-17(11-13)23-9-8-22-16/h1-4,6,10-11H,5,7-9,12H2,(H,20,21). The number of hydrogen-bond acceptors (Lipinski definition) is 3. The summed E-state index contributed by atoms with van der Waals surface area (Å²) in [5.41, 5.74) is 1.77. The highest BCUT2D eigenvalue weighted by Crippen LogP contribution is 2.31. The first kappa shape index (κ1) is 15.3. The molecule has 5 heteroatoms. The number of nitrogens with one attached hydrogen (secondary N) is 1. The van der Waals surface area contributed by atoms with E-state index in [1.165, 1.54) is 12.1 Å². The molecule has 0 unspecified atom stereocenters. The van der Waals surface area contributed by atoms with Crippen molar-refractivity contribution in [2.24, 2.45) is 0 Å². The molecule has 0 saturated heterocycles. The number of fused-ring (bicyclic) bond motifs is 1. The fraction of sp³-hybridized carbons (Fsp3) is 0.278. The molecule has 0 atom stereocenters. The molecule has 120 valence electrons. The molecule has 1 heterocycles. The van der Waals surface area contributed by atoms with Crippen molar-refractivity contribution in [1.29, 1.82) is 0 Å². The molecule has 0 radical (unpaired) electrons. The zero-order chi connectivity index (χ0) is 16.1. The lowest BCUT2D eigenvalue weighted by molar-refractivity contribution is -0.121. The summed E-state index contributed by atoms with van der Waals surface area (Å²) in [7, 11) is 0. The number of ether oxygens (including phenoxy) is 2. The van der Waals surface area contributed by atoms with Crippen molar-refractivity contribution in [3.63, 3.8) is 0 Å². The van der Waals surface area contributed by atoms with Gasteiger partial charge in [-0.15, -0.1) is 0 Å². The molecule has 0 saturated carbocycles. The van der Waals surface area contributed by atoms with Crippen LogP contribution < -0.4 is 14.8 Å². The minimum absolute atomic E-state index is 0.0656. The number of halogens is 1. The SMILES string of the molecule is O=C(CCc1ccc2c(c1)OCCO2)NCc1cccc(F)c1. The van der Waals surface area contributed by atoms with Gasteiger partial charge in [-0.3, -0.25) is 4.79 Å². The third kappa shape index (κ3) is 4.22. The predicted molar refractivity (Wildman–Crippen MR) is 84.0 cm³/mol. The van der Waals surface area contributed by atoms with E-state index in [1.54, 1.807) is 12.1 Å². The van der Waals surface area contributed by atoms with Crippen molar-refractivity contribution in [3.05, 3.63) is 59.4 Å². The van der Waals surface area contributed by atoms with E-state index in [2.05, 4.69) is 5.32 Å². The molecule has 1 aliphatic rings. The molecule has 2 aromatic rings. The van der Waals surface area contributed by atoms with Gasteiger partial charge >= 0.3 is 0 Å². The maximum atomic E-state index is 13.1. The van der Waals surface area contributed by atoms with Crippen molar-refractivity contribution in [2.45, 2.75) is 19.4 Å². The number of hydrogen-bond donors (Lipinski definition) is 1. The van der Waals surface area contributed by atoms with Gasteiger partial charge in [0.05, 0.1) is 0 Å². The van der Waals surface area contributed by atoms with E-state index in [1.807, 2.05) is 18.2 Å². The molecule has 4 nitrogen and oxygen atoms in total. The van der Waals surface area contributed by atoms with Crippen LogP contribution in [0.1, 0.15) is 17.5 Å². The van der Waals surface area contributed by atoms with Crippen LogP contribution in [0.25, 0.3) is 0 Å². The smallest absolute Gasteiger partial charge is 0.220 e. The summed E-state index contributed by atoms with van der Waals surface area (Å²) >= 11 is 0. The van der Waals surface area contributed by atoms with Crippen LogP contribution in [0.4, 0.5) is 4.39 Å². The molecule has 2 aromatic carbocycles. The Labute approximate surface area is 134 Å². The van der Waals surface area contributed by atoms with Crippen LogP contribution in [0, 0.1) is 5.82 Å². The quantitative estimate of drug-likeness (QED) is 0.923. The fourth-order valence-electron chi connectivity index (χ4n) is 2.44. The Morgan fingerprint density at radius 3 is 2.70 bits per heavy atom. The minimum atomic E-state index is -0.298. The first-order valence-electron chi connectivity index (χ1n) is 7.60. The Morgan fingerprint density at radius 2 is 1.87 bits per heavy atom. The van der Waals surface area contributed by atoms with Crippen LogP contribution in [0.15, 0.2) is 42.5 Å². The van der Waals surface area contributed by atoms with Gasteiger partial charge in [-0.05, 0) is 41.8 Å². The number of carbonyl (C=O) groups excluding carboxylic acids is 1. The average Bonchev–Trinajstić information content (AvgIpc) is 2.58. The molecule has 0 bridgehead atoms. The molecule has 0 aromatic heterocycles. The third-order valence-corrected chi connectivity index (χ3v) is 3.63. The first-order chi connectivity index (χ1) is 11.2. The molecular formula is C18H18FNO3. The summed E-state index contributed by atoms with van der Waals surface area (Å²) in [4.78, 5) is 11.9. The van der Waals surface area contributed by atoms with Crippen molar-refractivity contribution in [2.75, 3.05) is 13.2 Å². The lowest BCUT2D eigenvalue weighted by atomic mass is 10.1. The van der Waals surface area contributed by atoms with Crippen LogP contribution in [0.5, 0.6) is 11.5 Å². The molecule has 0 spiro atoms. The van der Waals surface area contributed by atoms with Crippen LogP contribution in [-0.4, -0.2) is 19.1 Å². The lowest BCUT2D eigenvalue weighted by Crippen LogP contribution is -2.23. The second-order valence-electron chi connectivity index (χ2n) is 5.38. The maximum Gasteiger partial charge on any atom is 0.220 e. The Kier molecular flexibility index (Phi) is 4.76. The zero-order valence-corrected chi connectivity index (χ0v) is 12.7. The van der Waals surface area contributed by atoms with Gasteiger partial charge in [0.25, 0.3) is 0 Å². The molecule has 0 fully saturated rings. The highest BCUT2D eigenvalue weighted by atomic mass is 19.1. The van der Waals surface area contributed by atoms with Crippen molar-refractivity contribution in [1.82, 2.24) is 5.32 Å². The van der Waals surface area contributed by atoms with Gasteiger partial charge < -0.3 is 14.8 Å². The number of carbonyl (C=O) groups is 1. The van der Waals surface area contributed by atoms with E-state index < -0.39 is 0 Å². The van der Waals surface area contributed by atoms with Crippen LogP contribution in [0.2, 0.25) is 0 Å². The average molecular weight is 315 g/mol. The van der Waals surface area contributed by atoms with E-state index >= 15 is 0 Å². The van der Waals surface area contributed by atoms with Crippen molar-refractivity contribution in [3.8, 4) is 11.5 Å². The van der Waals surface area contributed by atoms with Gasteiger partial charge in [-0.2, -0.15) is 0 Å². The lowest BCUT2D eigenvalue weighted by Gasteiger charge is -2.18. The molecule has 1 N–H and O–H groups in total. The summed E-state index contributed by atoms with van der Waals surface area (Å²) in [6, 6.07) is 11.9. The molecule has 23 heavy (non-hydrogen) atoms. The Balaban J connectivity index is 1.49. The van der Waals surface area contributed by atoms with E-state index in [4.69, 9.17) is 9.47 Å². The van der Waals surface area contributed by atoms with Gasteiger partial charge in [-0.25, -0.2) is 4.39 Å². The number of benzene rings is 2. The Morgan fingerprint density at radius 1 is 1.04 bits per heavy atom. The van der Waals surface area contributed by atoms with Crippen LogP contribution >= 0.6 is 0 Å². The molecule has 1 aliphatic heterocycles. The van der Waals surface area contributed by atoms with Gasteiger partial charge in [0, 0.05) is 13.0 Å². The molecular weight excluding hydrogens is 297 g/mol. The van der Waals surface area contributed by atoms with E-state index in [-0.39, 0.29) is 11.7 Å². The second kappa shape index (κ2) is 7.13. The van der Waals surface area contributed by atoms with Gasteiger partial charge in [0.2, 0.25) is 5.91 Å². The molecule has 1 amide bonds. The summed E-state index contributed by atoms with van der Waals surface area (Å²) in [6.45, 7) is 1.44. The van der Waals surface area contributed by atoms with Gasteiger partial charge in [0.1, 0.15) is 19.0 Å². The number of rotatable bonds is 5. The Hall–Kier alpha value is -2.56. The van der Waals surface area contributed by atoms with Gasteiger partial charge in [0.15, 0.2) is 11.5 Å². The van der Waals surface area contributed by atoms with Crippen LogP contribution in [-0.2, 0) is 17.8 Å². The predicted octanol–water partition coefficient (Wildman–Crippen LogP) is 2.85. The van der Waals surface area contributed by atoms with Crippen LogP contribution in [0.3, 0.4) is 0 Å². The summed E-state index contributed by atoms with van der Waals surface area (Å²) in [5.74, 6) is 1.11. The van der Waals surface area contributed by atoms with Gasteiger partial charge in [-0.1, -0.05) is 18.2 Å². The summed E-state index contributed by atoms with van der Waals surface area (Å²) in [6.07, 6.45) is 0.987. The minimum Gasteiger partial charge on any atom is -0.486 e. The zero-order valence-electron chi connectivity index (χ0n) is 12.7. The number of aryl methyl sites for hydroxylation is 1. The first-order valence-corrected chi connectivity index (χ1v) is 7.60. The van der Waals surface area contributed by atoms with E-state index in [0.29, 0.717) is 32.6 Å². The highest BCUT2D eigenvalue weighted by molar-refractivity contribution is 5.76.